The molecule has 0 bridgehead atoms. The van der Waals surface area contributed by atoms with Gasteiger partial charge in [0, 0.05) is 12.4 Å². The van der Waals surface area contributed by atoms with E-state index in [-0.39, 0.29) is 6.61 Å². The topological polar surface area (TPSA) is 59.7 Å². The van der Waals surface area contributed by atoms with E-state index in [1.165, 1.54) is 0 Å². The van der Waals surface area contributed by atoms with Gasteiger partial charge < -0.3 is 9.84 Å². The van der Waals surface area contributed by atoms with E-state index in [1.54, 1.807) is 10.7 Å². The van der Waals surface area contributed by atoms with Gasteiger partial charge >= 0.3 is 0 Å². The Morgan fingerprint density at radius 1 is 1.24 bits per heavy atom. The first-order valence-corrected chi connectivity index (χ1v) is 6.89. The highest BCUT2D eigenvalue weighted by Gasteiger charge is 2.11. The lowest BCUT2D eigenvalue weighted by Gasteiger charge is -2.06. The number of aliphatic hydroxyl groups is 1. The SMILES string of the molecule is CC(C)c1cc2c(Oc3ccc(CO)cc3)nccn2n1. The van der Waals surface area contributed by atoms with Crippen LogP contribution in [0.2, 0.25) is 0 Å². The molecule has 5 heteroatoms. The van der Waals surface area contributed by atoms with Gasteiger partial charge in [0.2, 0.25) is 5.88 Å². The quantitative estimate of drug-likeness (QED) is 0.799. The maximum absolute atomic E-state index is 9.05. The van der Waals surface area contributed by atoms with Gasteiger partial charge in [0.15, 0.2) is 0 Å². The smallest absolute Gasteiger partial charge is 0.245 e. The van der Waals surface area contributed by atoms with E-state index in [0.717, 1.165) is 16.8 Å². The fourth-order valence-electron chi connectivity index (χ4n) is 2.05. The van der Waals surface area contributed by atoms with Gasteiger partial charge in [-0.05, 0) is 29.7 Å². The molecule has 0 atom stereocenters. The molecule has 0 saturated heterocycles. The summed E-state index contributed by atoms with van der Waals surface area (Å²) in [5.74, 6) is 1.55. The zero-order valence-electron chi connectivity index (χ0n) is 12.0. The number of fused-ring (bicyclic) bond motifs is 1. The van der Waals surface area contributed by atoms with Gasteiger partial charge in [-0.25, -0.2) is 9.50 Å². The van der Waals surface area contributed by atoms with Crippen LogP contribution in [0.25, 0.3) is 5.52 Å². The molecule has 0 aliphatic rings. The largest absolute Gasteiger partial charge is 0.437 e. The van der Waals surface area contributed by atoms with Gasteiger partial charge in [0.05, 0.1) is 12.3 Å². The van der Waals surface area contributed by atoms with Gasteiger partial charge in [0.1, 0.15) is 11.3 Å². The van der Waals surface area contributed by atoms with Gasteiger partial charge in [-0.3, -0.25) is 0 Å². The van der Waals surface area contributed by atoms with Crippen molar-refractivity contribution in [3.63, 3.8) is 0 Å². The summed E-state index contributed by atoms with van der Waals surface area (Å²) in [4.78, 5) is 4.28. The molecule has 0 unspecified atom stereocenters. The molecule has 0 amide bonds. The van der Waals surface area contributed by atoms with Crippen LogP contribution in [0.1, 0.15) is 31.0 Å². The average Bonchev–Trinajstić information content (AvgIpc) is 2.93. The normalized spacial score (nSPS) is 11.2. The van der Waals surface area contributed by atoms with E-state index in [1.807, 2.05) is 36.5 Å². The lowest BCUT2D eigenvalue weighted by molar-refractivity contribution is 0.281. The molecule has 0 spiro atoms. The van der Waals surface area contributed by atoms with E-state index < -0.39 is 0 Å². The number of nitrogens with zero attached hydrogens (tertiary/aromatic N) is 3. The van der Waals surface area contributed by atoms with Crippen molar-refractivity contribution in [3.8, 4) is 11.6 Å². The molecule has 0 fully saturated rings. The van der Waals surface area contributed by atoms with Crippen molar-refractivity contribution in [2.45, 2.75) is 26.4 Å². The third kappa shape index (κ3) is 2.73. The molecule has 0 saturated carbocycles. The monoisotopic (exact) mass is 283 g/mol. The highest BCUT2D eigenvalue weighted by molar-refractivity contribution is 5.58. The molecule has 5 nitrogen and oxygen atoms in total. The van der Waals surface area contributed by atoms with Crippen molar-refractivity contribution >= 4 is 5.52 Å². The van der Waals surface area contributed by atoms with Crippen LogP contribution < -0.4 is 4.74 Å². The Labute approximate surface area is 122 Å². The number of aliphatic hydroxyl groups excluding tert-OH is 1. The third-order valence-corrected chi connectivity index (χ3v) is 3.29. The first-order valence-electron chi connectivity index (χ1n) is 6.89. The van der Waals surface area contributed by atoms with Crippen molar-refractivity contribution in [2.75, 3.05) is 0 Å². The standard InChI is InChI=1S/C16H17N3O2/c1-11(2)14-9-15-16(17-7-8-19(15)18-14)21-13-5-3-12(10-20)4-6-13/h3-9,11,20H,10H2,1-2H3. The minimum Gasteiger partial charge on any atom is -0.437 e. The zero-order chi connectivity index (χ0) is 14.8. The zero-order valence-corrected chi connectivity index (χ0v) is 12.0. The van der Waals surface area contributed by atoms with E-state index in [2.05, 4.69) is 23.9 Å². The summed E-state index contributed by atoms with van der Waals surface area (Å²) in [7, 11) is 0. The number of aromatic nitrogens is 3. The minimum atomic E-state index is 0.0223. The number of benzene rings is 1. The Bertz CT molecular complexity index is 748. The van der Waals surface area contributed by atoms with Crippen molar-refractivity contribution in [1.82, 2.24) is 14.6 Å². The van der Waals surface area contributed by atoms with Gasteiger partial charge in [-0.1, -0.05) is 26.0 Å². The summed E-state index contributed by atoms with van der Waals surface area (Å²) >= 11 is 0. The number of hydrogen-bond donors (Lipinski definition) is 1. The van der Waals surface area contributed by atoms with E-state index in [0.29, 0.717) is 17.5 Å². The molecule has 3 rings (SSSR count). The summed E-state index contributed by atoms with van der Waals surface area (Å²) in [6.45, 7) is 4.22. The first kappa shape index (κ1) is 13.6. The fraction of sp³-hybridized carbons (Fsp3) is 0.250. The van der Waals surface area contributed by atoms with Gasteiger partial charge in [-0.15, -0.1) is 0 Å². The van der Waals surface area contributed by atoms with Crippen molar-refractivity contribution in [2.24, 2.45) is 0 Å². The predicted molar refractivity (Wildman–Crippen MR) is 79.5 cm³/mol. The summed E-state index contributed by atoms with van der Waals surface area (Å²) < 4.78 is 7.61. The predicted octanol–water partition coefficient (Wildman–Crippen LogP) is 3.14. The molecular formula is C16H17N3O2. The summed E-state index contributed by atoms with van der Waals surface area (Å²) in [5.41, 5.74) is 2.69. The van der Waals surface area contributed by atoms with Crippen LogP contribution in [0.5, 0.6) is 11.6 Å². The molecule has 1 N–H and O–H groups in total. The molecule has 0 aliphatic carbocycles. The van der Waals surface area contributed by atoms with Gasteiger partial charge in [0.25, 0.3) is 0 Å². The number of ether oxygens (including phenoxy) is 1. The fourth-order valence-corrected chi connectivity index (χ4v) is 2.05. The van der Waals surface area contributed by atoms with Crippen LogP contribution in [0.4, 0.5) is 0 Å². The number of hydrogen-bond acceptors (Lipinski definition) is 4. The van der Waals surface area contributed by atoms with Crippen LogP contribution >= 0.6 is 0 Å². The molecule has 2 aromatic heterocycles. The third-order valence-electron chi connectivity index (χ3n) is 3.29. The van der Waals surface area contributed by atoms with Crippen LogP contribution in [0, 0.1) is 0 Å². The van der Waals surface area contributed by atoms with E-state index in [4.69, 9.17) is 9.84 Å². The van der Waals surface area contributed by atoms with Crippen LogP contribution in [-0.4, -0.2) is 19.7 Å². The Hall–Kier alpha value is -2.40. The highest BCUT2D eigenvalue weighted by Crippen LogP contribution is 2.26. The molecule has 0 aliphatic heterocycles. The Balaban J connectivity index is 1.95. The number of rotatable bonds is 4. The summed E-state index contributed by atoms with van der Waals surface area (Å²) in [5, 5.41) is 13.6. The van der Waals surface area contributed by atoms with E-state index >= 15 is 0 Å². The first-order chi connectivity index (χ1) is 10.2. The van der Waals surface area contributed by atoms with Gasteiger partial charge in [-0.2, -0.15) is 5.10 Å². The lowest BCUT2D eigenvalue weighted by Crippen LogP contribution is -1.94. The Morgan fingerprint density at radius 2 is 2.00 bits per heavy atom. The molecule has 2 heterocycles. The van der Waals surface area contributed by atoms with Crippen LogP contribution in [-0.2, 0) is 6.61 Å². The maximum atomic E-state index is 9.05. The molecule has 3 aromatic rings. The van der Waals surface area contributed by atoms with Crippen molar-refractivity contribution in [3.05, 3.63) is 54.0 Å². The lowest BCUT2D eigenvalue weighted by atomic mass is 10.1. The van der Waals surface area contributed by atoms with Crippen LogP contribution in [0.15, 0.2) is 42.7 Å². The highest BCUT2D eigenvalue weighted by atomic mass is 16.5. The second-order valence-corrected chi connectivity index (χ2v) is 5.19. The second-order valence-electron chi connectivity index (χ2n) is 5.19. The van der Waals surface area contributed by atoms with E-state index in [9.17, 15) is 0 Å². The molecule has 0 radical (unpaired) electrons. The summed E-state index contributed by atoms with van der Waals surface area (Å²) in [6, 6.07) is 9.28. The molecular weight excluding hydrogens is 266 g/mol. The average molecular weight is 283 g/mol. The molecule has 108 valence electrons. The summed E-state index contributed by atoms with van der Waals surface area (Å²) in [6.07, 6.45) is 3.48. The maximum Gasteiger partial charge on any atom is 0.245 e. The van der Waals surface area contributed by atoms with Crippen molar-refractivity contribution < 1.29 is 9.84 Å². The minimum absolute atomic E-state index is 0.0223. The van der Waals surface area contributed by atoms with Crippen LogP contribution in [0.3, 0.4) is 0 Å². The Kier molecular flexibility index (Phi) is 3.58. The second kappa shape index (κ2) is 5.54. The molecule has 21 heavy (non-hydrogen) atoms. The Morgan fingerprint density at radius 3 is 2.67 bits per heavy atom. The van der Waals surface area contributed by atoms with Crippen molar-refractivity contribution in [1.29, 1.82) is 0 Å². The molecule has 1 aromatic carbocycles.